The third-order valence-corrected chi connectivity index (χ3v) is 4.57. The Morgan fingerprint density at radius 1 is 1.52 bits per heavy atom. The summed E-state index contributed by atoms with van der Waals surface area (Å²) in [5.74, 6) is 1.15. The number of fused-ring (bicyclic) bond motifs is 1. The zero-order valence-electron chi connectivity index (χ0n) is 12.7. The van der Waals surface area contributed by atoms with Gasteiger partial charge in [-0.25, -0.2) is 4.98 Å². The highest BCUT2D eigenvalue weighted by Gasteiger charge is 2.42. The number of aryl methyl sites for hydroxylation is 2. The first-order chi connectivity index (χ1) is 9.94. The van der Waals surface area contributed by atoms with Crippen molar-refractivity contribution in [3.63, 3.8) is 0 Å². The molecule has 1 fully saturated rings. The number of hydrogen-bond donors (Lipinski definition) is 2. The molecule has 1 aromatic carbocycles. The highest BCUT2D eigenvalue weighted by molar-refractivity contribution is 5.97. The lowest BCUT2D eigenvalue weighted by molar-refractivity contribution is 0.0824. The predicted octanol–water partition coefficient (Wildman–Crippen LogP) is 1.77. The molecule has 112 valence electrons. The average molecular weight is 287 g/mol. The highest BCUT2D eigenvalue weighted by atomic mass is 16.3. The zero-order chi connectivity index (χ0) is 15.2. The second-order valence-corrected chi connectivity index (χ2v) is 6.23. The molecule has 21 heavy (non-hydrogen) atoms. The smallest absolute Gasteiger partial charge is 0.251 e. The molecule has 2 N–H and O–H groups in total. The monoisotopic (exact) mass is 287 g/mol. The highest BCUT2D eigenvalue weighted by Crippen LogP contribution is 2.39. The minimum absolute atomic E-state index is 0.0334. The number of nitrogens with zero attached hydrogens (tertiary/aromatic N) is 2. The first-order valence-electron chi connectivity index (χ1n) is 7.31. The summed E-state index contributed by atoms with van der Waals surface area (Å²) in [6.07, 6.45) is 2.13. The minimum atomic E-state index is -0.522. The van der Waals surface area contributed by atoms with Gasteiger partial charge in [0.05, 0.1) is 23.2 Å². The van der Waals surface area contributed by atoms with Crippen LogP contribution in [0.1, 0.15) is 35.9 Å². The van der Waals surface area contributed by atoms with Gasteiger partial charge < -0.3 is 15.0 Å². The Morgan fingerprint density at radius 2 is 2.24 bits per heavy atom. The fraction of sp³-hybridized carbons (Fsp3) is 0.500. The van der Waals surface area contributed by atoms with Crippen LogP contribution in [0.2, 0.25) is 0 Å². The van der Waals surface area contributed by atoms with Gasteiger partial charge >= 0.3 is 0 Å². The van der Waals surface area contributed by atoms with E-state index in [1.807, 2.05) is 43.7 Å². The summed E-state index contributed by atoms with van der Waals surface area (Å²) in [5.41, 5.74) is 1.89. The van der Waals surface area contributed by atoms with E-state index >= 15 is 0 Å². The van der Waals surface area contributed by atoms with Crippen molar-refractivity contribution >= 4 is 16.9 Å². The molecule has 5 nitrogen and oxygen atoms in total. The summed E-state index contributed by atoms with van der Waals surface area (Å²) < 4.78 is 2.00. The van der Waals surface area contributed by atoms with Gasteiger partial charge in [0.1, 0.15) is 5.82 Å². The van der Waals surface area contributed by atoms with E-state index in [2.05, 4.69) is 10.3 Å². The molecule has 1 aromatic heterocycles. The Hall–Kier alpha value is -1.88. The van der Waals surface area contributed by atoms with Crippen molar-refractivity contribution in [3.8, 4) is 0 Å². The number of aromatic nitrogens is 2. The van der Waals surface area contributed by atoms with E-state index in [1.165, 1.54) is 0 Å². The van der Waals surface area contributed by atoms with Gasteiger partial charge in [-0.3, -0.25) is 4.79 Å². The van der Waals surface area contributed by atoms with Crippen LogP contribution in [0.25, 0.3) is 11.0 Å². The lowest BCUT2D eigenvalue weighted by Crippen LogP contribution is -2.50. The number of aliphatic hydroxyl groups is 1. The molecule has 0 aliphatic heterocycles. The van der Waals surface area contributed by atoms with Crippen molar-refractivity contribution in [2.75, 3.05) is 6.61 Å². The van der Waals surface area contributed by atoms with Crippen molar-refractivity contribution in [1.82, 2.24) is 14.9 Å². The van der Waals surface area contributed by atoms with Gasteiger partial charge in [-0.2, -0.15) is 0 Å². The lowest BCUT2D eigenvalue weighted by Gasteiger charge is -2.28. The molecule has 1 atom stereocenters. The van der Waals surface area contributed by atoms with E-state index in [4.69, 9.17) is 0 Å². The van der Waals surface area contributed by atoms with Crippen LogP contribution in [0.15, 0.2) is 18.2 Å². The van der Waals surface area contributed by atoms with E-state index in [0.717, 1.165) is 29.7 Å². The fourth-order valence-electron chi connectivity index (χ4n) is 2.78. The first kappa shape index (κ1) is 14.1. The molecule has 1 amide bonds. The molecule has 2 aromatic rings. The van der Waals surface area contributed by atoms with Crippen LogP contribution in [0.5, 0.6) is 0 Å². The topological polar surface area (TPSA) is 67.2 Å². The number of rotatable bonds is 4. The van der Waals surface area contributed by atoms with Gasteiger partial charge in [-0.05, 0) is 50.8 Å². The Balaban J connectivity index is 1.87. The molecule has 1 unspecified atom stereocenters. The van der Waals surface area contributed by atoms with E-state index in [-0.39, 0.29) is 12.5 Å². The molecule has 0 spiro atoms. The molecule has 5 heteroatoms. The predicted molar refractivity (Wildman–Crippen MR) is 81.1 cm³/mol. The van der Waals surface area contributed by atoms with Crippen LogP contribution >= 0.6 is 0 Å². The Bertz CT molecular complexity index is 703. The van der Waals surface area contributed by atoms with Gasteiger partial charge in [0.15, 0.2) is 0 Å². The number of imidazole rings is 1. The molecule has 1 aliphatic rings. The lowest BCUT2D eigenvalue weighted by atomic mass is 9.96. The maximum absolute atomic E-state index is 12.4. The molecule has 1 aliphatic carbocycles. The van der Waals surface area contributed by atoms with Crippen LogP contribution in [-0.2, 0) is 7.05 Å². The maximum Gasteiger partial charge on any atom is 0.251 e. The Kier molecular flexibility index (Phi) is 3.24. The SMILES string of the molecule is Cc1nc2cc(C(=O)NC(C)(CO)C3CC3)ccc2n1C. The molecule has 1 heterocycles. The zero-order valence-corrected chi connectivity index (χ0v) is 12.7. The van der Waals surface area contributed by atoms with Crippen LogP contribution in [0.4, 0.5) is 0 Å². The Labute approximate surface area is 124 Å². The average Bonchev–Trinajstić information content (AvgIpc) is 3.27. The summed E-state index contributed by atoms with van der Waals surface area (Å²) >= 11 is 0. The standard InChI is InChI=1S/C16H21N3O2/c1-10-17-13-8-11(4-7-14(13)19(10)3)15(21)18-16(2,9-20)12-5-6-12/h4,7-8,12,20H,5-6,9H2,1-3H3,(H,18,21). The largest absolute Gasteiger partial charge is 0.394 e. The first-order valence-corrected chi connectivity index (χ1v) is 7.31. The number of nitrogens with one attached hydrogen (secondary N) is 1. The Morgan fingerprint density at radius 3 is 2.86 bits per heavy atom. The third kappa shape index (κ3) is 2.42. The van der Waals surface area contributed by atoms with Gasteiger partial charge in [0.25, 0.3) is 5.91 Å². The van der Waals surface area contributed by atoms with Crippen LogP contribution in [0, 0.1) is 12.8 Å². The normalized spacial score (nSPS) is 17.7. The number of amides is 1. The number of hydrogen-bond acceptors (Lipinski definition) is 3. The van der Waals surface area contributed by atoms with Crippen LogP contribution < -0.4 is 5.32 Å². The second-order valence-electron chi connectivity index (χ2n) is 6.23. The van der Waals surface area contributed by atoms with Crippen LogP contribution in [0.3, 0.4) is 0 Å². The summed E-state index contributed by atoms with van der Waals surface area (Å²) in [5, 5.41) is 12.6. The summed E-state index contributed by atoms with van der Waals surface area (Å²) in [6, 6.07) is 5.53. The molecule has 0 saturated heterocycles. The van der Waals surface area contributed by atoms with Crippen molar-refractivity contribution < 1.29 is 9.90 Å². The number of aliphatic hydroxyl groups excluding tert-OH is 1. The quantitative estimate of drug-likeness (QED) is 0.900. The van der Waals surface area contributed by atoms with Crippen molar-refractivity contribution in [3.05, 3.63) is 29.6 Å². The third-order valence-electron chi connectivity index (χ3n) is 4.57. The van der Waals surface area contributed by atoms with Crippen molar-refractivity contribution in [2.45, 2.75) is 32.2 Å². The van der Waals surface area contributed by atoms with E-state index < -0.39 is 5.54 Å². The van der Waals surface area contributed by atoms with E-state index in [1.54, 1.807) is 0 Å². The second kappa shape index (κ2) is 4.84. The number of carbonyl (C=O) groups is 1. The fourth-order valence-corrected chi connectivity index (χ4v) is 2.78. The molecular formula is C16H21N3O2. The van der Waals surface area contributed by atoms with Crippen molar-refractivity contribution in [2.24, 2.45) is 13.0 Å². The van der Waals surface area contributed by atoms with E-state index in [0.29, 0.717) is 11.5 Å². The molecule has 1 saturated carbocycles. The number of carbonyl (C=O) groups excluding carboxylic acids is 1. The molecule has 0 radical (unpaired) electrons. The van der Waals surface area contributed by atoms with E-state index in [9.17, 15) is 9.90 Å². The van der Waals surface area contributed by atoms with Crippen molar-refractivity contribution in [1.29, 1.82) is 0 Å². The molecule has 3 rings (SSSR count). The van der Waals surface area contributed by atoms with Crippen LogP contribution in [-0.4, -0.2) is 32.7 Å². The maximum atomic E-state index is 12.4. The summed E-state index contributed by atoms with van der Waals surface area (Å²) in [6.45, 7) is 3.82. The molecule has 0 bridgehead atoms. The van der Waals surface area contributed by atoms with Gasteiger partial charge in [-0.1, -0.05) is 0 Å². The van der Waals surface area contributed by atoms with Gasteiger partial charge in [0, 0.05) is 12.6 Å². The summed E-state index contributed by atoms with van der Waals surface area (Å²) in [4.78, 5) is 16.9. The number of benzene rings is 1. The summed E-state index contributed by atoms with van der Waals surface area (Å²) in [7, 11) is 1.96. The minimum Gasteiger partial charge on any atom is -0.394 e. The van der Waals surface area contributed by atoms with Gasteiger partial charge in [0.2, 0.25) is 0 Å². The molecular weight excluding hydrogens is 266 g/mol. The van der Waals surface area contributed by atoms with Gasteiger partial charge in [-0.15, -0.1) is 0 Å².